The predicted octanol–water partition coefficient (Wildman–Crippen LogP) is 4.40. The third kappa shape index (κ3) is 6.89. The maximum absolute atomic E-state index is 11.7. The van der Waals surface area contributed by atoms with Crippen LogP contribution in [-0.4, -0.2) is 17.8 Å². The second kappa shape index (κ2) is 8.97. The minimum Gasteiger partial charge on any atom is -0.463 e. The topological polar surface area (TPSA) is 55.4 Å². The molecule has 0 heterocycles. The maximum Gasteiger partial charge on any atom is 0.332 e. The Bertz CT molecular complexity index is 561. The summed E-state index contributed by atoms with van der Waals surface area (Å²) in [5.74, 6) is -0.0279. The molecule has 1 aromatic carbocycles. The van der Waals surface area contributed by atoms with E-state index in [1.54, 1.807) is 32.0 Å². The summed E-state index contributed by atoms with van der Waals surface area (Å²) in [7, 11) is 0. The summed E-state index contributed by atoms with van der Waals surface area (Å²) in [4.78, 5) is 22.9. The van der Waals surface area contributed by atoms with Crippen molar-refractivity contribution in [2.45, 2.75) is 19.6 Å². The molecule has 7 heteroatoms. The third-order valence-electron chi connectivity index (χ3n) is 2.27. The Hall–Kier alpha value is -1.17. The molecule has 0 saturated carbocycles. The van der Waals surface area contributed by atoms with Crippen molar-refractivity contribution in [3.05, 3.63) is 45.6 Å². The Morgan fingerprint density at radius 3 is 2.67 bits per heavy atom. The van der Waals surface area contributed by atoms with Crippen LogP contribution in [0.5, 0.6) is 0 Å². The quantitative estimate of drug-likeness (QED) is 0.633. The van der Waals surface area contributed by atoms with Gasteiger partial charge in [-0.1, -0.05) is 41.0 Å². The minimum atomic E-state index is -0.482. The van der Waals surface area contributed by atoms with E-state index in [1.165, 1.54) is 6.08 Å². The first-order chi connectivity index (χ1) is 9.92. The zero-order chi connectivity index (χ0) is 15.8. The molecule has 0 aliphatic rings. The monoisotopic (exact) mass is 347 g/mol. The number of thioether (sulfide) groups is 1. The van der Waals surface area contributed by atoms with Gasteiger partial charge in [0.1, 0.15) is 0 Å². The van der Waals surface area contributed by atoms with E-state index in [2.05, 4.69) is 5.32 Å². The van der Waals surface area contributed by atoms with Crippen molar-refractivity contribution in [2.24, 2.45) is 0 Å². The molecule has 1 rings (SSSR count). The average Bonchev–Trinajstić information content (AvgIpc) is 2.40. The molecule has 0 radical (unpaired) electrons. The van der Waals surface area contributed by atoms with Crippen molar-refractivity contribution in [3.8, 4) is 0 Å². The van der Waals surface area contributed by atoms with Crippen molar-refractivity contribution in [3.63, 3.8) is 0 Å². The van der Waals surface area contributed by atoms with E-state index in [9.17, 15) is 9.59 Å². The van der Waals surface area contributed by atoms with Crippen LogP contribution in [0.15, 0.2) is 30.0 Å². The molecule has 0 atom stereocenters. The SMILES string of the molecule is CCOC(=O)/C=C(/C)NC(=O)SCc1ccc(Cl)c(Cl)c1. The molecule has 114 valence electrons. The first-order valence-corrected chi connectivity index (χ1v) is 7.89. The summed E-state index contributed by atoms with van der Waals surface area (Å²) < 4.78 is 4.75. The lowest BCUT2D eigenvalue weighted by atomic mass is 10.2. The molecule has 0 fully saturated rings. The number of halogens is 2. The van der Waals surface area contributed by atoms with Crippen LogP contribution in [0.25, 0.3) is 0 Å². The number of hydrogen-bond acceptors (Lipinski definition) is 4. The lowest BCUT2D eigenvalue weighted by Crippen LogP contribution is -2.17. The van der Waals surface area contributed by atoms with Gasteiger partial charge in [-0.25, -0.2) is 4.79 Å². The molecule has 0 spiro atoms. The highest BCUT2D eigenvalue weighted by Gasteiger charge is 2.06. The second-order valence-corrected chi connectivity index (χ2v) is 5.79. The zero-order valence-corrected chi connectivity index (χ0v) is 13.9. The number of carbonyl (C=O) groups is 2. The van der Waals surface area contributed by atoms with Gasteiger partial charge in [0, 0.05) is 17.5 Å². The van der Waals surface area contributed by atoms with Crippen molar-refractivity contribution in [1.82, 2.24) is 5.32 Å². The average molecular weight is 348 g/mol. The first-order valence-electron chi connectivity index (χ1n) is 6.15. The van der Waals surface area contributed by atoms with Crippen molar-refractivity contribution in [2.75, 3.05) is 6.61 Å². The van der Waals surface area contributed by atoms with E-state index in [4.69, 9.17) is 27.9 Å². The molecule has 0 aliphatic heterocycles. The van der Waals surface area contributed by atoms with E-state index in [1.807, 2.05) is 0 Å². The summed E-state index contributed by atoms with van der Waals surface area (Å²) in [6.07, 6.45) is 1.24. The molecule has 1 N–H and O–H groups in total. The molecule has 0 aromatic heterocycles. The van der Waals surface area contributed by atoms with Gasteiger partial charge in [0.2, 0.25) is 0 Å². The van der Waals surface area contributed by atoms with Gasteiger partial charge in [0.25, 0.3) is 5.24 Å². The molecule has 0 aliphatic carbocycles. The summed E-state index contributed by atoms with van der Waals surface area (Å²) >= 11 is 12.8. The van der Waals surface area contributed by atoms with Crippen LogP contribution in [0.1, 0.15) is 19.4 Å². The number of hydrogen-bond donors (Lipinski definition) is 1. The van der Waals surface area contributed by atoms with E-state index < -0.39 is 5.97 Å². The fourth-order valence-corrected chi connectivity index (χ4v) is 2.40. The van der Waals surface area contributed by atoms with Gasteiger partial charge in [-0.15, -0.1) is 0 Å². The fraction of sp³-hybridized carbons (Fsp3) is 0.286. The van der Waals surface area contributed by atoms with Crippen LogP contribution in [0.3, 0.4) is 0 Å². The summed E-state index contributed by atoms with van der Waals surface area (Å²) in [6.45, 7) is 3.63. The molecule has 0 saturated heterocycles. The number of allylic oxidation sites excluding steroid dienone is 1. The molecule has 1 aromatic rings. The van der Waals surface area contributed by atoms with Crippen LogP contribution >= 0.6 is 35.0 Å². The van der Waals surface area contributed by atoms with Gasteiger partial charge in [0.05, 0.1) is 16.7 Å². The third-order valence-corrected chi connectivity index (χ3v) is 3.86. The Labute approximate surface area is 137 Å². The van der Waals surface area contributed by atoms with E-state index in [-0.39, 0.29) is 5.24 Å². The van der Waals surface area contributed by atoms with Crippen LogP contribution in [0.4, 0.5) is 4.79 Å². The van der Waals surface area contributed by atoms with Gasteiger partial charge in [-0.05, 0) is 31.5 Å². The molecular formula is C14H15Cl2NO3S. The Morgan fingerprint density at radius 2 is 2.05 bits per heavy atom. The van der Waals surface area contributed by atoms with Gasteiger partial charge < -0.3 is 10.1 Å². The van der Waals surface area contributed by atoms with Crippen molar-refractivity contribution in [1.29, 1.82) is 0 Å². The number of ether oxygens (including phenoxy) is 1. The molecule has 0 bridgehead atoms. The molecule has 0 unspecified atom stereocenters. The van der Waals surface area contributed by atoms with Crippen LogP contribution in [-0.2, 0) is 15.3 Å². The minimum absolute atomic E-state index is 0.265. The number of esters is 1. The van der Waals surface area contributed by atoms with Crippen LogP contribution in [0, 0.1) is 0 Å². The van der Waals surface area contributed by atoms with Crippen LogP contribution in [0.2, 0.25) is 10.0 Å². The molecular weight excluding hydrogens is 333 g/mol. The number of nitrogens with one attached hydrogen (secondary N) is 1. The van der Waals surface area contributed by atoms with E-state index in [0.717, 1.165) is 17.3 Å². The van der Waals surface area contributed by atoms with Crippen LogP contribution < -0.4 is 5.32 Å². The van der Waals surface area contributed by atoms with Crippen molar-refractivity contribution < 1.29 is 14.3 Å². The highest BCUT2D eigenvalue weighted by molar-refractivity contribution is 8.12. The summed E-state index contributed by atoms with van der Waals surface area (Å²) in [5, 5.41) is 3.25. The predicted molar refractivity (Wildman–Crippen MR) is 86.7 cm³/mol. The van der Waals surface area contributed by atoms with Gasteiger partial charge >= 0.3 is 5.97 Å². The van der Waals surface area contributed by atoms with Gasteiger partial charge in [-0.3, -0.25) is 4.79 Å². The van der Waals surface area contributed by atoms with Gasteiger partial charge in [-0.2, -0.15) is 0 Å². The largest absolute Gasteiger partial charge is 0.463 e. The maximum atomic E-state index is 11.7. The number of benzene rings is 1. The number of amides is 1. The molecule has 1 amide bonds. The smallest absolute Gasteiger partial charge is 0.332 e. The Balaban J connectivity index is 2.47. The normalized spacial score (nSPS) is 11.1. The Morgan fingerprint density at radius 1 is 1.33 bits per heavy atom. The summed E-state index contributed by atoms with van der Waals surface area (Å²) in [5.41, 5.74) is 1.32. The molecule has 21 heavy (non-hydrogen) atoms. The zero-order valence-electron chi connectivity index (χ0n) is 11.6. The van der Waals surface area contributed by atoms with Gasteiger partial charge in [0.15, 0.2) is 0 Å². The highest BCUT2D eigenvalue weighted by atomic mass is 35.5. The summed E-state index contributed by atoms with van der Waals surface area (Å²) in [6, 6.07) is 5.20. The van der Waals surface area contributed by atoms with Crippen molar-refractivity contribution >= 4 is 46.2 Å². The highest BCUT2D eigenvalue weighted by Crippen LogP contribution is 2.24. The molecule has 4 nitrogen and oxygen atoms in total. The Kier molecular flexibility index (Phi) is 7.64. The first kappa shape index (κ1) is 17.9. The standard InChI is InChI=1S/C14H15Cl2NO3S/c1-3-20-13(18)6-9(2)17-14(19)21-8-10-4-5-11(15)12(16)7-10/h4-7H,3,8H2,1-2H3,(H,17,19)/b9-6-. The lowest BCUT2D eigenvalue weighted by molar-refractivity contribution is -0.137. The lowest BCUT2D eigenvalue weighted by Gasteiger charge is -2.06. The van der Waals surface area contributed by atoms with E-state index in [0.29, 0.717) is 28.1 Å². The van der Waals surface area contributed by atoms with E-state index >= 15 is 0 Å². The second-order valence-electron chi connectivity index (χ2n) is 4.03. The number of rotatable bonds is 5. The number of carbonyl (C=O) groups excluding carboxylic acids is 2. The fourth-order valence-electron chi connectivity index (χ4n) is 1.37.